The Balaban J connectivity index is 1.20. The van der Waals surface area contributed by atoms with Gasteiger partial charge in [0.15, 0.2) is 0 Å². The van der Waals surface area contributed by atoms with E-state index < -0.39 is 0 Å². The summed E-state index contributed by atoms with van der Waals surface area (Å²) in [6, 6.07) is 11.9. The van der Waals surface area contributed by atoms with E-state index in [9.17, 15) is 4.79 Å². The summed E-state index contributed by atoms with van der Waals surface area (Å²) in [6.07, 6.45) is 9.43. The molecule has 4 aliphatic rings. The number of nitrogens with zero attached hydrogens (tertiary/aromatic N) is 6. The third-order valence-corrected chi connectivity index (χ3v) is 7.87. The maximum absolute atomic E-state index is 13.7. The van der Waals surface area contributed by atoms with Crippen LogP contribution in [0.3, 0.4) is 0 Å². The number of fused-ring (bicyclic) bond motifs is 3. The molecule has 3 saturated carbocycles. The summed E-state index contributed by atoms with van der Waals surface area (Å²) in [5.41, 5.74) is 3.72. The Hall–Kier alpha value is -3.53. The zero-order valence-electron chi connectivity index (χ0n) is 18.6. The number of hydrogen-bond acceptors (Lipinski definition) is 5. The predicted molar refractivity (Wildman–Crippen MR) is 124 cm³/mol. The van der Waals surface area contributed by atoms with Crippen molar-refractivity contribution >= 4 is 23.0 Å². The van der Waals surface area contributed by atoms with Gasteiger partial charge in [-0.1, -0.05) is 6.07 Å². The maximum atomic E-state index is 13.7. The van der Waals surface area contributed by atoms with E-state index in [0.29, 0.717) is 23.3 Å². The highest BCUT2D eigenvalue weighted by atomic mass is 16.2. The van der Waals surface area contributed by atoms with Gasteiger partial charge in [0.1, 0.15) is 0 Å². The van der Waals surface area contributed by atoms with Gasteiger partial charge in [0.05, 0.1) is 29.4 Å². The Bertz CT molecular complexity index is 1280. The number of carbonyl (C=O) groups is 1. The molecule has 0 radical (unpaired) electrons. The van der Waals surface area contributed by atoms with Crippen molar-refractivity contribution < 1.29 is 4.79 Å². The molecule has 166 valence electrons. The quantitative estimate of drug-likeness (QED) is 0.610. The van der Waals surface area contributed by atoms with E-state index in [4.69, 9.17) is 5.26 Å². The Morgan fingerprint density at radius 3 is 2.82 bits per heavy atom. The van der Waals surface area contributed by atoms with Crippen LogP contribution in [0.25, 0.3) is 10.9 Å². The number of benzene rings is 1. The number of aromatic nitrogens is 3. The standard InChI is InChI=1S/C26H26N6O/c1-16-2-4-18(13-28-16)25-6-7-29-32(25)26(33)23-11-22(19-9-20(23)10-19)15-31-24-5-3-17(12-27)8-21(24)14-30-31/h2-5,7-8,13-14,19-20,22-23,25H,6,9-11,15H2,1H3/t19?,20?,22-,23-,25?/m0/s1. The van der Waals surface area contributed by atoms with Crippen molar-refractivity contribution in [2.45, 2.75) is 45.2 Å². The smallest absolute Gasteiger partial charge is 0.246 e. The molecule has 7 heteroatoms. The van der Waals surface area contributed by atoms with Gasteiger partial charge in [-0.2, -0.15) is 15.5 Å². The van der Waals surface area contributed by atoms with Crippen LogP contribution >= 0.6 is 0 Å². The lowest BCUT2D eigenvalue weighted by Crippen LogP contribution is -2.49. The lowest BCUT2D eigenvalue weighted by molar-refractivity contribution is -0.147. The molecule has 0 N–H and O–H groups in total. The van der Waals surface area contributed by atoms with Crippen LogP contribution in [0.4, 0.5) is 0 Å². The third kappa shape index (κ3) is 3.41. The first-order valence-electron chi connectivity index (χ1n) is 11.7. The number of nitriles is 1. The van der Waals surface area contributed by atoms with Crippen molar-refractivity contribution in [1.29, 1.82) is 5.26 Å². The molecule has 1 amide bonds. The molecule has 3 atom stereocenters. The number of rotatable bonds is 4. The van der Waals surface area contributed by atoms with Gasteiger partial charge in [-0.05, 0) is 73.8 Å². The van der Waals surface area contributed by atoms with E-state index in [0.717, 1.165) is 54.4 Å². The van der Waals surface area contributed by atoms with Crippen molar-refractivity contribution in [2.75, 3.05) is 0 Å². The summed E-state index contributed by atoms with van der Waals surface area (Å²) < 4.78 is 2.05. The minimum absolute atomic E-state index is 0.0168. The van der Waals surface area contributed by atoms with Gasteiger partial charge in [0, 0.05) is 42.4 Å². The first-order valence-corrected chi connectivity index (χ1v) is 11.7. The molecular formula is C26H26N6O. The van der Waals surface area contributed by atoms with Gasteiger partial charge < -0.3 is 0 Å². The first-order chi connectivity index (χ1) is 16.1. The van der Waals surface area contributed by atoms with Crippen LogP contribution in [0, 0.1) is 41.9 Å². The average molecular weight is 439 g/mol. The van der Waals surface area contributed by atoms with E-state index in [1.54, 1.807) is 5.01 Å². The van der Waals surface area contributed by atoms with Gasteiger partial charge in [0.2, 0.25) is 5.91 Å². The fraction of sp³-hybridized carbons (Fsp3) is 0.423. The Morgan fingerprint density at radius 2 is 2.03 bits per heavy atom. The predicted octanol–water partition coefficient (Wildman–Crippen LogP) is 4.23. The van der Waals surface area contributed by atoms with Crippen molar-refractivity contribution in [1.82, 2.24) is 19.8 Å². The van der Waals surface area contributed by atoms with Gasteiger partial charge in [-0.15, -0.1) is 0 Å². The zero-order valence-corrected chi connectivity index (χ0v) is 18.6. The van der Waals surface area contributed by atoms with Crippen molar-refractivity contribution in [3.05, 3.63) is 59.5 Å². The summed E-state index contributed by atoms with van der Waals surface area (Å²) in [5.74, 6) is 1.73. The lowest BCUT2D eigenvalue weighted by atomic mass is 9.55. The summed E-state index contributed by atoms with van der Waals surface area (Å²) in [7, 11) is 0. The summed E-state index contributed by atoms with van der Waals surface area (Å²) in [6.45, 7) is 2.78. The molecular weight excluding hydrogens is 412 g/mol. The van der Waals surface area contributed by atoms with Gasteiger partial charge in [0.25, 0.3) is 0 Å². The fourth-order valence-electron chi connectivity index (χ4n) is 5.93. The van der Waals surface area contributed by atoms with Crippen molar-refractivity contribution in [3.63, 3.8) is 0 Å². The van der Waals surface area contributed by atoms with Crippen LogP contribution in [0.5, 0.6) is 0 Å². The Morgan fingerprint density at radius 1 is 1.15 bits per heavy atom. The topological polar surface area (TPSA) is 87.2 Å². The second kappa shape index (κ2) is 7.80. The molecule has 1 aromatic carbocycles. The van der Waals surface area contributed by atoms with Crippen LogP contribution in [0.15, 0.2) is 47.8 Å². The maximum Gasteiger partial charge on any atom is 0.246 e. The minimum atomic E-state index is -0.0498. The van der Waals surface area contributed by atoms with Crippen LogP contribution < -0.4 is 0 Å². The number of amides is 1. The molecule has 0 spiro atoms. The van der Waals surface area contributed by atoms with E-state index in [2.05, 4.69) is 32.0 Å². The minimum Gasteiger partial charge on any atom is -0.273 e. The Labute approximate surface area is 192 Å². The number of pyridine rings is 1. The molecule has 3 fully saturated rings. The molecule has 3 heterocycles. The fourth-order valence-corrected chi connectivity index (χ4v) is 5.93. The third-order valence-electron chi connectivity index (χ3n) is 7.87. The van der Waals surface area contributed by atoms with Crippen LogP contribution in [0.1, 0.15) is 48.5 Å². The van der Waals surface area contributed by atoms with Crippen LogP contribution in [-0.4, -0.2) is 31.9 Å². The molecule has 2 bridgehead atoms. The van der Waals surface area contributed by atoms with Crippen LogP contribution in [0.2, 0.25) is 0 Å². The SMILES string of the molecule is Cc1ccc(C2CC=NN2C(=O)[C@H]2C[C@@H](Cn3ncc4cc(C#N)ccc43)C3CC2C3)cn1. The van der Waals surface area contributed by atoms with Gasteiger partial charge in [-0.3, -0.25) is 14.5 Å². The highest BCUT2D eigenvalue weighted by Gasteiger charge is 2.50. The van der Waals surface area contributed by atoms with Gasteiger partial charge >= 0.3 is 0 Å². The number of hydrazone groups is 1. The highest BCUT2D eigenvalue weighted by molar-refractivity contribution is 5.83. The Kier molecular flexibility index (Phi) is 4.75. The molecule has 0 saturated heterocycles. The first kappa shape index (κ1) is 20.1. The van der Waals surface area contributed by atoms with E-state index in [-0.39, 0.29) is 17.9 Å². The molecule has 33 heavy (non-hydrogen) atoms. The van der Waals surface area contributed by atoms with Crippen molar-refractivity contribution in [2.24, 2.45) is 28.8 Å². The highest BCUT2D eigenvalue weighted by Crippen LogP contribution is 2.53. The van der Waals surface area contributed by atoms with E-state index in [1.807, 2.05) is 49.8 Å². The molecule has 7 nitrogen and oxygen atoms in total. The summed E-state index contributed by atoms with van der Waals surface area (Å²) >= 11 is 0. The number of hydrogen-bond donors (Lipinski definition) is 0. The molecule has 1 unspecified atom stereocenters. The lowest BCUT2D eigenvalue weighted by Gasteiger charge is -2.51. The number of carbonyl (C=O) groups excluding carboxylic acids is 1. The summed E-state index contributed by atoms with van der Waals surface area (Å²) in [4.78, 5) is 18.1. The molecule has 1 aliphatic heterocycles. The normalized spacial score (nSPS) is 28.0. The molecule has 7 rings (SSSR count). The summed E-state index contributed by atoms with van der Waals surface area (Å²) in [5, 5.41) is 21.0. The largest absolute Gasteiger partial charge is 0.273 e. The average Bonchev–Trinajstić information content (AvgIpc) is 3.45. The zero-order chi connectivity index (χ0) is 22.5. The van der Waals surface area contributed by atoms with Crippen molar-refractivity contribution in [3.8, 4) is 6.07 Å². The molecule has 2 aromatic heterocycles. The monoisotopic (exact) mass is 438 g/mol. The van der Waals surface area contributed by atoms with Gasteiger partial charge in [-0.25, -0.2) is 5.01 Å². The van der Waals surface area contributed by atoms with E-state index in [1.165, 1.54) is 0 Å². The second-order valence-electron chi connectivity index (χ2n) is 9.77. The number of aryl methyl sites for hydroxylation is 1. The molecule has 3 aliphatic carbocycles. The van der Waals surface area contributed by atoms with E-state index >= 15 is 0 Å². The molecule has 3 aromatic rings. The second-order valence-corrected chi connectivity index (χ2v) is 9.77. The van der Waals surface area contributed by atoms with Crippen LogP contribution in [-0.2, 0) is 11.3 Å².